The third-order valence-corrected chi connectivity index (χ3v) is 4.40. The molecule has 2 aliphatic rings. The highest BCUT2D eigenvalue weighted by Crippen LogP contribution is 2.31. The van der Waals surface area contributed by atoms with Crippen LogP contribution in [0.4, 0.5) is 14.5 Å². The van der Waals surface area contributed by atoms with Gasteiger partial charge in [-0.1, -0.05) is 0 Å². The molecule has 0 radical (unpaired) electrons. The Morgan fingerprint density at radius 2 is 1.77 bits per heavy atom. The number of carbonyl (C=O) groups is 1. The topological polar surface area (TPSA) is 47.3 Å². The maximum absolute atomic E-state index is 13.1. The van der Waals surface area contributed by atoms with Gasteiger partial charge in [0.15, 0.2) is 0 Å². The highest BCUT2D eigenvalue weighted by Gasteiger charge is 2.40. The van der Waals surface area contributed by atoms with E-state index in [2.05, 4.69) is 11.0 Å². The van der Waals surface area contributed by atoms with Crippen molar-refractivity contribution in [1.82, 2.24) is 4.90 Å². The van der Waals surface area contributed by atoms with Gasteiger partial charge in [-0.2, -0.15) is 5.26 Å². The summed E-state index contributed by atoms with van der Waals surface area (Å²) in [7, 11) is 0. The molecule has 0 spiro atoms. The summed E-state index contributed by atoms with van der Waals surface area (Å²) in [5.41, 5.74) is 1.58. The molecule has 0 aromatic heterocycles. The fraction of sp³-hybridized carbons (Fsp3) is 0.500. The minimum Gasteiger partial charge on any atom is -0.370 e. The number of amides is 1. The maximum atomic E-state index is 13.1. The number of hydrogen-bond donors (Lipinski definition) is 0. The fourth-order valence-corrected chi connectivity index (χ4v) is 2.90. The molecule has 2 aliphatic heterocycles. The van der Waals surface area contributed by atoms with Gasteiger partial charge < -0.3 is 9.80 Å². The number of piperidine rings is 1. The van der Waals surface area contributed by atoms with Crippen LogP contribution in [0, 0.1) is 17.2 Å². The number of anilines is 1. The molecule has 0 bridgehead atoms. The average molecular weight is 305 g/mol. The van der Waals surface area contributed by atoms with Gasteiger partial charge in [-0.15, -0.1) is 0 Å². The Kier molecular flexibility index (Phi) is 3.73. The van der Waals surface area contributed by atoms with Crippen LogP contribution in [0.15, 0.2) is 24.3 Å². The minimum atomic E-state index is -2.62. The molecule has 1 aromatic rings. The first kappa shape index (κ1) is 14.8. The summed E-state index contributed by atoms with van der Waals surface area (Å²) in [6, 6.07) is 9.28. The second-order valence-corrected chi connectivity index (χ2v) is 5.94. The van der Waals surface area contributed by atoms with Gasteiger partial charge in [-0.25, -0.2) is 8.78 Å². The van der Waals surface area contributed by atoms with Crippen LogP contribution in [-0.4, -0.2) is 42.9 Å². The van der Waals surface area contributed by atoms with Crippen LogP contribution in [0.5, 0.6) is 0 Å². The molecule has 1 amide bonds. The molecule has 0 atom stereocenters. The fourth-order valence-electron chi connectivity index (χ4n) is 2.90. The van der Waals surface area contributed by atoms with E-state index in [1.165, 1.54) is 0 Å². The zero-order chi connectivity index (χ0) is 15.7. The van der Waals surface area contributed by atoms with Gasteiger partial charge in [0, 0.05) is 44.7 Å². The third-order valence-electron chi connectivity index (χ3n) is 4.40. The van der Waals surface area contributed by atoms with E-state index in [0.717, 1.165) is 5.69 Å². The first-order valence-electron chi connectivity index (χ1n) is 7.40. The lowest BCUT2D eigenvalue weighted by atomic mass is 9.95. The molecule has 2 heterocycles. The number of benzene rings is 1. The van der Waals surface area contributed by atoms with E-state index >= 15 is 0 Å². The van der Waals surface area contributed by atoms with Crippen molar-refractivity contribution in [3.63, 3.8) is 0 Å². The van der Waals surface area contributed by atoms with Crippen molar-refractivity contribution in [3.8, 4) is 6.07 Å². The number of carbonyl (C=O) groups excluding carboxylic acids is 1. The van der Waals surface area contributed by atoms with Crippen molar-refractivity contribution in [1.29, 1.82) is 5.26 Å². The quantitative estimate of drug-likeness (QED) is 0.842. The Balaban J connectivity index is 1.52. The molecule has 2 fully saturated rings. The first-order valence-corrected chi connectivity index (χ1v) is 7.40. The molecular weight excluding hydrogens is 288 g/mol. The smallest absolute Gasteiger partial charge is 0.251 e. The van der Waals surface area contributed by atoms with Crippen LogP contribution in [0.25, 0.3) is 0 Å². The summed E-state index contributed by atoms with van der Waals surface area (Å²) < 4.78 is 26.2. The molecule has 3 rings (SSSR count). The minimum absolute atomic E-state index is 0.0135. The second kappa shape index (κ2) is 5.56. The van der Waals surface area contributed by atoms with E-state index in [-0.39, 0.29) is 37.8 Å². The summed E-state index contributed by atoms with van der Waals surface area (Å²) >= 11 is 0. The number of nitriles is 1. The first-order chi connectivity index (χ1) is 10.5. The van der Waals surface area contributed by atoms with E-state index in [0.29, 0.717) is 18.7 Å². The van der Waals surface area contributed by atoms with Crippen molar-refractivity contribution in [2.75, 3.05) is 31.1 Å². The Labute approximate surface area is 127 Å². The van der Waals surface area contributed by atoms with Gasteiger partial charge in [-0.05, 0) is 24.3 Å². The molecule has 4 nitrogen and oxygen atoms in total. The Hall–Kier alpha value is -2.16. The summed E-state index contributed by atoms with van der Waals surface area (Å²) in [6.45, 7) is 1.52. The second-order valence-electron chi connectivity index (χ2n) is 5.94. The molecule has 22 heavy (non-hydrogen) atoms. The number of likely N-dealkylation sites (tertiary alicyclic amines) is 1. The summed E-state index contributed by atoms with van der Waals surface area (Å²) in [5, 5.41) is 8.77. The van der Waals surface area contributed by atoms with Crippen LogP contribution in [0.3, 0.4) is 0 Å². The molecule has 6 heteroatoms. The van der Waals surface area contributed by atoms with E-state index in [4.69, 9.17) is 5.26 Å². The number of rotatable bonds is 2. The van der Waals surface area contributed by atoms with Gasteiger partial charge in [0.25, 0.3) is 5.92 Å². The number of halogens is 2. The Morgan fingerprint density at radius 1 is 1.18 bits per heavy atom. The normalized spacial score (nSPS) is 21.1. The molecule has 0 unspecified atom stereocenters. The summed E-state index contributed by atoms with van der Waals surface area (Å²) in [5.74, 6) is -2.74. The molecule has 2 saturated heterocycles. The Morgan fingerprint density at radius 3 is 2.32 bits per heavy atom. The van der Waals surface area contributed by atoms with Crippen LogP contribution in [0.2, 0.25) is 0 Å². The summed E-state index contributed by atoms with van der Waals surface area (Å²) in [4.78, 5) is 15.9. The van der Waals surface area contributed by atoms with E-state index in [9.17, 15) is 13.6 Å². The maximum Gasteiger partial charge on any atom is 0.251 e. The Bertz CT molecular complexity index is 593. The zero-order valence-electron chi connectivity index (χ0n) is 12.1. The molecule has 1 aromatic carbocycles. The highest BCUT2D eigenvalue weighted by atomic mass is 19.3. The predicted octanol–water partition coefficient (Wildman–Crippen LogP) is 2.25. The lowest BCUT2D eigenvalue weighted by molar-refractivity contribution is -0.142. The van der Waals surface area contributed by atoms with E-state index in [1.54, 1.807) is 17.0 Å². The van der Waals surface area contributed by atoms with Gasteiger partial charge in [0.05, 0.1) is 17.6 Å². The number of nitrogens with zero attached hydrogens (tertiary/aromatic N) is 3. The average Bonchev–Trinajstić information content (AvgIpc) is 2.46. The molecule has 0 saturated carbocycles. The van der Waals surface area contributed by atoms with Gasteiger partial charge in [0.1, 0.15) is 0 Å². The van der Waals surface area contributed by atoms with Crippen LogP contribution in [-0.2, 0) is 4.79 Å². The zero-order valence-corrected chi connectivity index (χ0v) is 12.1. The molecular formula is C16H17F2N3O. The molecule has 116 valence electrons. The summed E-state index contributed by atoms with van der Waals surface area (Å²) in [6.07, 6.45) is -0.463. The predicted molar refractivity (Wildman–Crippen MR) is 77.6 cm³/mol. The van der Waals surface area contributed by atoms with Gasteiger partial charge in [0.2, 0.25) is 5.91 Å². The SMILES string of the molecule is N#Cc1ccc(N2CC(C(=O)N3CCC(F)(F)CC3)C2)cc1. The number of hydrogen-bond acceptors (Lipinski definition) is 3. The third kappa shape index (κ3) is 2.89. The van der Waals surface area contributed by atoms with Crippen LogP contribution >= 0.6 is 0 Å². The van der Waals surface area contributed by atoms with E-state index in [1.807, 2.05) is 12.1 Å². The lowest BCUT2D eigenvalue weighted by Gasteiger charge is -2.43. The van der Waals surface area contributed by atoms with Crippen molar-refractivity contribution >= 4 is 11.6 Å². The van der Waals surface area contributed by atoms with Crippen molar-refractivity contribution in [2.45, 2.75) is 18.8 Å². The van der Waals surface area contributed by atoms with E-state index < -0.39 is 5.92 Å². The van der Waals surface area contributed by atoms with Crippen LogP contribution in [0.1, 0.15) is 18.4 Å². The molecule has 0 aliphatic carbocycles. The monoisotopic (exact) mass is 305 g/mol. The van der Waals surface area contributed by atoms with Crippen molar-refractivity contribution in [3.05, 3.63) is 29.8 Å². The molecule has 0 N–H and O–H groups in total. The van der Waals surface area contributed by atoms with Gasteiger partial charge in [-0.3, -0.25) is 4.79 Å². The standard InChI is InChI=1S/C16H17F2N3O/c17-16(18)5-7-20(8-6-16)15(22)13-10-21(11-13)14-3-1-12(9-19)2-4-14/h1-4,13H,5-8,10-11H2. The highest BCUT2D eigenvalue weighted by molar-refractivity contribution is 5.82. The van der Waals surface area contributed by atoms with Crippen molar-refractivity contribution in [2.24, 2.45) is 5.92 Å². The lowest BCUT2D eigenvalue weighted by Crippen LogP contribution is -2.56. The van der Waals surface area contributed by atoms with Crippen LogP contribution < -0.4 is 4.90 Å². The largest absolute Gasteiger partial charge is 0.370 e. The number of alkyl halides is 2. The van der Waals surface area contributed by atoms with Crippen molar-refractivity contribution < 1.29 is 13.6 Å². The van der Waals surface area contributed by atoms with Gasteiger partial charge >= 0.3 is 0 Å².